The molecule has 0 radical (unpaired) electrons. The van der Waals surface area contributed by atoms with E-state index in [1.807, 2.05) is 18.2 Å². The Bertz CT molecular complexity index is 1260. The van der Waals surface area contributed by atoms with Gasteiger partial charge in [0, 0.05) is 16.9 Å². The summed E-state index contributed by atoms with van der Waals surface area (Å²) in [7, 11) is 0. The number of nitrogens with zero attached hydrogens (tertiary/aromatic N) is 1. The molecule has 4 rings (SSSR count). The fourth-order valence-corrected chi connectivity index (χ4v) is 3.55. The number of amides is 3. The molecule has 9 heteroatoms. The molecule has 1 aliphatic rings. The highest BCUT2D eigenvalue weighted by molar-refractivity contribution is 6.53. The van der Waals surface area contributed by atoms with Crippen molar-refractivity contribution in [1.29, 1.82) is 0 Å². The lowest BCUT2D eigenvalue weighted by atomic mass is 10.2. The molecule has 3 amide bonds. The molecule has 3 aromatic rings. The number of nitrogens with one attached hydrogen (secondary N) is 2. The average Bonchev–Trinajstić information content (AvgIpc) is 3.00. The summed E-state index contributed by atoms with van der Waals surface area (Å²) >= 11 is 18.1. The number of anilines is 3. The Balaban J connectivity index is 1.50. The molecule has 3 aromatic carbocycles. The van der Waals surface area contributed by atoms with Crippen LogP contribution in [-0.4, -0.2) is 17.7 Å². The van der Waals surface area contributed by atoms with Crippen LogP contribution in [0.2, 0.25) is 10.0 Å². The van der Waals surface area contributed by atoms with Crippen LogP contribution in [-0.2, 0) is 9.59 Å². The van der Waals surface area contributed by atoms with E-state index in [1.54, 1.807) is 36.4 Å². The summed E-state index contributed by atoms with van der Waals surface area (Å²) in [6.07, 6.45) is 0. The summed E-state index contributed by atoms with van der Waals surface area (Å²) in [4.78, 5) is 38.7. The largest absolute Gasteiger partial charge is 0.350 e. The summed E-state index contributed by atoms with van der Waals surface area (Å²) in [6.45, 7) is 0. The summed E-state index contributed by atoms with van der Waals surface area (Å²) in [6, 6.07) is 19.8. The zero-order chi connectivity index (χ0) is 22.8. The first-order valence-corrected chi connectivity index (χ1v) is 10.5. The number of imide groups is 1. The van der Waals surface area contributed by atoms with E-state index >= 15 is 0 Å². The van der Waals surface area contributed by atoms with E-state index in [0.717, 1.165) is 4.90 Å². The van der Waals surface area contributed by atoms with Crippen LogP contribution in [0.15, 0.2) is 83.5 Å². The predicted octanol–water partition coefficient (Wildman–Crippen LogP) is 5.68. The first-order valence-electron chi connectivity index (χ1n) is 9.32. The highest BCUT2D eigenvalue weighted by atomic mass is 35.5. The van der Waals surface area contributed by atoms with Crippen molar-refractivity contribution in [2.24, 2.45) is 0 Å². The van der Waals surface area contributed by atoms with Gasteiger partial charge in [0.2, 0.25) is 0 Å². The third kappa shape index (κ3) is 4.34. The SMILES string of the molecule is O=C(Nc1ccccc1)c1ccc(NC2=C(Cl)C(=O)N(c3ccc(Cl)c(Cl)c3)C2=O)cc1. The minimum Gasteiger partial charge on any atom is -0.350 e. The van der Waals surface area contributed by atoms with Gasteiger partial charge in [-0.3, -0.25) is 14.4 Å². The molecule has 0 fully saturated rings. The third-order valence-corrected chi connectivity index (χ3v) is 5.73. The van der Waals surface area contributed by atoms with E-state index < -0.39 is 11.8 Å². The van der Waals surface area contributed by atoms with Crippen LogP contribution in [0.3, 0.4) is 0 Å². The van der Waals surface area contributed by atoms with Gasteiger partial charge in [-0.15, -0.1) is 0 Å². The van der Waals surface area contributed by atoms with Crippen molar-refractivity contribution < 1.29 is 14.4 Å². The van der Waals surface area contributed by atoms with Gasteiger partial charge in [0.1, 0.15) is 10.7 Å². The fourth-order valence-electron chi connectivity index (χ4n) is 3.04. The Hall–Kier alpha value is -3.32. The standard InChI is InChI=1S/C23H14Cl3N3O3/c24-17-11-10-16(12-18(17)25)29-22(31)19(26)20(23(29)32)27-15-8-6-13(7-9-15)21(30)28-14-4-2-1-3-5-14/h1-12,27H,(H,28,30). The first-order chi connectivity index (χ1) is 15.3. The second-order valence-electron chi connectivity index (χ2n) is 6.76. The van der Waals surface area contributed by atoms with Gasteiger partial charge >= 0.3 is 0 Å². The van der Waals surface area contributed by atoms with E-state index in [2.05, 4.69) is 10.6 Å². The maximum atomic E-state index is 12.9. The molecule has 160 valence electrons. The molecule has 0 aromatic heterocycles. The number of halogens is 3. The lowest BCUT2D eigenvalue weighted by Crippen LogP contribution is -2.32. The monoisotopic (exact) mass is 485 g/mol. The number of hydrogen-bond acceptors (Lipinski definition) is 4. The van der Waals surface area contributed by atoms with Crippen LogP contribution in [0.25, 0.3) is 0 Å². The average molecular weight is 487 g/mol. The van der Waals surface area contributed by atoms with Crippen molar-refractivity contribution in [3.05, 3.63) is 99.1 Å². The molecule has 1 heterocycles. The van der Waals surface area contributed by atoms with Crippen LogP contribution < -0.4 is 15.5 Å². The quantitative estimate of drug-likeness (QED) is 0.455. The number of para-hydroxylation sites is 1. The zero-order valence-electron chi connectivity index (χ0n) is 16.2. The molecule has 0 unspecified atom stereocenters. The molecule has 0 aliphatic carbocycles. The van der Waals surface area contributed by atoms with Crippen LogP contribution in [0.4, 0.5) is 17.1 Å². The first kappa shape index (κ1) is 21.9. The highest BCUT2D eigenvalue weighted by Gasteiger charge is 2.39. The van der Waals surface area contributed by atoms with Gasteiger partial charge in [-0.2, -0.15) is 0 Å². The van der Waals surface area contributed by atoms with Crippen molar-refractivity contribution in [1.82, 2.24) is 0 Å². The molecule has 32 heavy (non-hydrogen) atoms. The van der Waals surface area contributed by atoms with Crippen LogP contribution in [0.5, 0.6) is 0 Å². The van der Waals surface area contributed by atoms with Crippen molar-refractivity contribution in [3.63, 3.8) is 0 Å². The third-order valence-electron chi connectivity index (χ3n) is 4.64. The molecule has 0 saturated heterocycles. The Kier molecular flexibility index (Phi) is 6.19. The minimum absolute atomic E-state index is 0.0794. The van der Waals surface area contributed by atoms with Gasteiger partial charge in [-0.1, -0.05) is 53.0 Å². The molecule has 0 spiro atoms. The molecule has 0 saturated carbocycles. The topological polar surface area (TPSA) is 78.5 Å². The highest BCUT2D eigenvalue weighted by Crippen LogP contribution is 2.33. The molecule has 0 bridgehead atoms. The van der Waals surface area contributed by atoms with Crippen molar-refractivity contribution in [3.8, 4) is 0 Å². The molecular weight excluding hydrogens is 473 g/mol. The Morgan fingerprint density at radius 1 is 0.750 bits per heavy atom. The second kappa shape index (κ2) is 9.04. The lowest BCUT2D eigenvalue weighted by molar-refractivity contribution is -0.120. The number of hydrogen-bond donors (Lipinski definition) is 2. The normalized spacial score (nSPS) is 13.5. The van der Waals surface area contributed by atoms with E-state index in [-0.39, 0.29) is 27.3 Å². The lowest BCUT2D eigenvalue weighted by Gasteiger charge is -2.15. The minimum atomic E-state index is -0.684. The van der Waals surface area contributed by atoms with Gasteiger partial charge in [-0.25, -0.2) is 4.90 Å². The van der Waals surface area contributed by atoms with E-state index in [0.29, 0.717) is 22.0 Å². The summed E-state index contributed by atoms with van der Waals surface area (Å²) < 4.78 is 0. The van der Waals surface area contributed by atoms with E-state index in [1.165, 1.54) is 18.2 Å². The maximum absolute atomic E-state index is 12.9. The second-order valence-corrected chi connectivity index (χ2v) is 7.95. The van der Waals surface area contributed by atoms with Gasteiger partial charge in [0.25, 0.3) is 17.7 Å². The zero-order valence-corrected chi connectivity index (χ0v) is 18.5. The van der Waals surface area contributed by atoms with E-state index in [4.69, 9.17) is 34.8 Å². The molecule has 6 nitrogen and oxygen atoms in total. The Morgan fingerprint density at radius 2 is 1.44 bits per heavy atom. The Morgan fingerprint density at radius 3 is 2.09 bits per heavy atom. The van der Waals surface area contributed by atoms with Crippen molar-refractivity contribution in [2.75, 3.05) is 15.5 Å². The summed E-state index contributed by atoms with van der Waals surface area (Å²) in [5, 5.41) is 5.88. The number of carbonyl (C=O) groups excluding carboxylic acids is 3. The fraction of sp³-hybridized carbons (Fsp3) is 0. The summed E-state index contributed by atoms with van der Waals surface area (Å²) in [5.41, 5.74) is 1.74. The van der Waals surface area contributed by atoms with Gasteiger partial charge in [0.05, 0.1) is 15.7 Å². The van der Waals surface area contributed by atoms with Gasteiger partial charge in [0.15, 0.2) is 0 Å². The number of benzene rings is 3. The van der Waals surface area contributed by atoms with E-state index in [9.17, 15) is 14.4 Å². The Labute approximate surface area is 198 Å². The van der Waals surface area contributed by atoms with Crippen LogP contribution in [0.1, 0.15) is 10.4 Å². The van der Waals surface area contributed by atoms with Crippen molar-refractivity contribution in [2.45, 2.75) is 0 Å². The molecule has 0 atom stereocenters. The molecule has 2 N–H and O–H groups in total. The number of carbonyl (C=O) groups is 3. The molecule has 1 aliphatic heterocycles. The predicted molar refractivity (Wildman–Crippen MR) is 126 cm³/mol. The van der Waals surface area contributed by atoms with Crippen molar-refractivity contribution >= 4 is 69.6 Å². The smallest absolute Gasteiger partial charge is 0.283 e. The molecular formula is C23H14Cl3N3O3. The van der Waals surface area contributed by atoms with Crippen LogP contribution in [0, 0.1) is 0 Å². The maximum Gasteiger partial charge on any atom is 0.283 e. The van der Waals surface area contributed by atoms with Crippen LogP contribution >= 0.6 is 34.8 Å². The van der Waals surface area contributed by atoms with Gasteiger partial charge in [-0.05, 0) is 54.6 Å². The summed E-state index contributed by atoms with van der Waals surface area (Å²) in [5.74, 6) is -1.60. The number of rotatable bonds is 5. The van der Waals surface area contributed by atoms with Gasteiger partial charge < -0.3 is 10.6 Å².